The topological polar surface area (TPSA) is 56.4 Å². The Labute approximate surface area is 172 Å². The molecule has 0 saturated carbocycles. The molecule has 2 aliphatic rings. The van der Waals surface area contributed by atoms with Gasteiger partial charge in [-0.2, -0.15) is 0 Å². The molecule has 2 unspecified atom stereocenters. The third-order valence-electron chi connectivity index (χ3n) is 6.05. The SMILES string of the molecule is CC1c2[nH]c3ccc(Cl)cc3c2CCN1C1CC(=O)N(c2ccccc2F)C1=O. The highest BCUT2D eigenvalue weighted by atomic mass is 35.5. The number of hydrogen-bond donors (Lipinski definition) is 1. The van der Waals surface area contributed by atoms with Crippen LogP contribution in [0, 0.1) is 5.82 Å². The Morgan fingerprint density at radius 3 is 2.76 bits per heavy atom. The first-order chi connectivity index (χ1) is 14.0. The molecule has 2 amide bonds. The molecule has 7 heteroatoms. The Bertz CT molecular complexity index is 1160. The molecule has 1 fully saturated rings. The first-order valence-electron chi connectivity index (χ1n) is 9.63. The van der Waals surface area contributed by atoms with E-state index in [1.165, 1.54) is 23.8 Å². The second-order valence-electron chi connectivity index (χ2n) is 7.61. The first-order valence-corrected chi connectivity index (χ1v) is 10.0. The summed E-state index contributed by atoms with van der Waals surface area (Å²) in [7, 11) is 0. The highest BCUT2D eigenvalue weighted by Crippen LogP contribution is 2.38. The van der Waals surface area contributed by atoms with Crippen molar-refractivity contribution in [2.45, 2.75) is 31.8 Å². The molecule has 3 aromatic rings. The van der Waals surface area contributed by atoms with Gasteiger partial charge in [0.1, 0.15) is 5.82 Å². The maximum atomic E-state index is 14.2. The highest BCUT2D eigenvalue weighted by molar-refractivity contribution is 6.31. The van der Waals surface area contributed by atoms with Crippen molar-refractivity contribution < 1.29 is 14.0 Å². The summed E-state index contributed by atoms with van der Waals surface area (Å²) in [4.78, 5) is 32.2. The van der Waals surface area contributed by atoms with Crippen LogP contribution in [0.5, 0.6) is 0 Å². The summed E-state index contributed by atoms with van der Waals surface area (Å²) in [5.41, 5.74) is 3.28. The van der Waals surface area contributed by atoms with Crippen LogP contribution in [-0.2, 0) is 16.0 Å². The Hall–Kier alpha value is -2.70. The number of H-pyrrole nitrogens is 1. The van der Waals surface area contributed by atoms with Crippen LogP contribution in [0.1, 0.15) is 30.6 Å². The molecule has 0 bridgehead atoms. The van der Waals surface area contributed by atoms with Gasteiger partial charge in [0.25, 0.3) is 5.91 Å². The number of benzene rings is 2. The molecule has 2 aromatic carbocycles. The zero-order valence-electron chi connectivity index (χ0n) is 15.8. The van der Waals surface area contributed by atoms with Crippen LogP contribution in [0.15, 0.2) is 42.5 Å². The number of anilines is 1. The smallest absolute Gasteiger partial charge is 0.251 e. The van der Waals surface area contributed by atoms with Crippen LogP contribution in [0.2, 0.25) is 5.02 Å². The molecule has 0 spiro atoms. The van der Waals surface area contributed by atoms with Crippen LogP contribution in [-0.4, -0.2) is 34.3 Å². The second kappa shape index (κ2) is 6.68. The fourth-order valence-electron chi connectivity index (χ4n) is 4.65. The molecule has 0 radical (unpaired) electrons. The molecule has 0 aliphatic carbocycles. The van der Waals surface area contributed by atoms with Crippen molar-refractivity contribution in [2.24, 2.45) is 0 Å². The number of imide groups is 1. The number of halogens is 2. The van der Waals surface area contributed by atoms with Crippen molar-refractivity contribution >= 4 is 40.0 Å². The Balaban J connectivity index is 1.48. The van der Waals surface area contributed by atoms with Crippen LogP contribution in [0.3, 0.4) is 0 Å². The number of nitrogens with one attached hydrogen (secondary N) is 1. The number of rotatable bonds is 2. The molecule has 2 aliphatic heterocycles. The first kappa shape index (κ1) is 18.3. The molecule has 3 heterocycles. The molecule has 5 rings (SSSR count). The highest BCUT2D eigenvalue weighted by Gasteiger charge is 2.46. The number of fused-ring (bicyclic) bond motifs is 3. The number of carbonyl (C=O) groups excluding carboxylic acids is 2. The van der Waals surface area contributed by atoms with Crippen LogP contribution in [0.25, 0.3) is 10.9 Å². The fourth-order valence-corrected chi connectivity index (χ4v) is 4.83. The van der Waals surface area contributed by atoms with Crippen LogP contribution < -0.4 is 4.90 Å². The van der Waals surface area contributed by atoms with Crippen LogP contribution in [0.4, 0.5) is 10.1 Å². The van der Waals surface area contributed by atoms with Gasteiger partial charge in [-0.3, -0.25) is 14.5 Å². The molecule has 1 saturated heterocycles. The van der Waals surface area contributed by atoms with E-state index in [0.29, 0.717) is 11.6 Å². The Kier molecular flexibility index (Phi) is 4.22. The summed E-state index contributed by atoms with van der Waals surface area (Å²) in [6.07, 6.45) is 0.802. The summed E-state index contributed by atoms with van der Waals surface area (Å²) in [6.45, 7) is 2.67. The van der Waals surface area contributed by atoms with Crippen molar-refractivity contribution in [1.82, 2.24) is 9.88 Å². The average Bonchev–Trinajstić information content (AvgIpc) is 3.20. The van der Waals surface area contributed by atoms with Gasteiger partial charge in [0, 0.05) is 34.2 Å². The maximum Gasteiger partial charge on any atom is 0.251 e. The van der Waals surface area contributed by atoms with Crippen molar-refractivity contribution in [2.75, 3.05) is 11.4 Å². The summed E-state index contributed by atoms with van der Waals surface area (Å²) >= 11 is 6.17. The number of hydrogen-bond acceptors (Lipinski definition) is 3. The van der Waals surface area contributed by atoms with Crippen molar-refractivity contribution in [1.29, 1.82) is 0 Å². The van der Waals surface area contributed by atoms with Crippen molar-refractivity contribution in [3.05, 3.63) is 64.6 Å². The number of para-hydroxylation sites is 1. The number of aromatic amines is 1. The number of amides is 2. The van der Waals surface area contributed by atoms with Crippen molar-refractivity contribution in [3.63, 3.8) is 0 Å². The normalized spacial score (nSPS) is 22.5. The third-order valence-corrected chi connectivity index (χ3v) is 6.29. The summed E-state index contributed by atoms with van der Waals surface area (Å²) in [6, 6.07) is 11.0. The third kappa shape index (κ3) is 2.78. The summed E-state index contributed by atoms with van der Waals surface area (Å²) in [5.74, 6) is -1.31. The van der Waals surface area contributed by atoms with Gasteiger partial charge in [-0.25, -0.2) is 9.29 Å². The van der Waals surface area contributed by atoms with E-state index >= 15 is 0 Å². The van der Waals surface area contributed by atoms with E-state index in [4.69, 9.17) is 11.6 Å². The van der Waals surface area contributed by atoms with Gasteiger partial charge in [-0.05, 0) is 49.2 Å². The van der Waals surface area contributed by atoms with Gasteiger partial charge in [0.2, 0.25) is 5.91 Å². The Morgan fingerprint density at radius 2 is 1.97 bits per heavy atom. The van der Waals surface area contributed by atoms with E-state index in [0.717, 1.165) is 27.9 Å². The lowest BCUT2D eigenvalue weighted by Crippen LogP contribution is -2.46. The maximum absolute atomic E-state index is 14.2. The van der Waals surface area contributed by atoms with Gasteiger partial charge in [0.15, 0.2) is 0 Å². The van der Waals surface area contributed by atoms with E-state index in [-0.39, 0.29) is 30.0 Å². The number of nitrogens with zero attached hydrogens (tertiary/aromatic N) is 2. The second-order valence-corrected chi connectivity index (χ2v) is 8.05. The molecule has 5 nitrogen and oxygen atoms in total. The lowest BCUT2D eigenvalue weighted by molar-refractivity contribution is -0.123. The fraction of sp³-hybridized carbons (Fsp3) is 0.273. The summed E-state index contributed by atoms with van der Waals surface area (Å²) in [5, 5.41) is 1.78. The van der Waals surface area contributed by atoms with Gasteiger partial charge in [-0.15, -0.1) is 0 Å². The number of carbonyl (C=O) groups is 2. The lowest BCUT2D eigenvalue weighted by atomic mass is 9.96. The van der Waals surface area contributed by atoms with Crippen molar-refractivity contribution in [3.8, 4) is 0 Å². The number of aromatic nitrogens is 1. The van der Waals surface area contributed by atoms with E-state index < -0.39 is 11.9 Å². The van der Waals surface area contributed by atoms with Gasteiger partial charge < -0.3 is 4.98 Å². The lowest BCUT2D eigenvalue weighted by Gasteiger charge is -2.36. The average molecular weight is 412 g/mol. The predicted octanol–water partition coefficient (Wildman–Crippen LogP) is 4.21. The Morgan fingerprint density at radius 1 is 1.17 bits per heavy atom. The van der Waals surface area contributed by atoms with Gasteiger partial charge in [0.05, 0.1) is 18.2 Å². The monoisotopic (exact) mass is 411 g/mol. The van der Waals surface area contributed by atoms with Gasteiger partial charge >= 0.3 is 0 Å². The predicted molar refractivity (Wildman–Crippen MR) is 109 cm³/mol. The molecule has 29 heavy (non-hydrogen) atoms. The minimum atomic E-state index is -0.597. The minimum Gasteiger partial charge on any atom is -0.357 e. The summed E-state index contributed by atoms with van der Waals surface area (Å²) < 4.78 is 14.2. The van der Waals surface area contributed by atoms with E-state index in [1.807, 2.05) is 30.0 Å². The molecule has 1 N–H and O–H groups in total. The molecule has 2 atom stereocenters. The molecule has 1 aromatic heterocycles. The largest absolute Gasteiger partial charge is 0.357 e. The zero-order valence-corrected chi connectivity index (χ0v) is 16.5. The standard InChI is InChI=1S/C22H19ClFN3O2/c1-12-21-14(15-10-13(23)6-7-17(15)25-21)8-9-26(12)19-11-20(28)27(22(19)29)18-5-3-2-4-16(18)24/h2-7,10,12,19,25H,8-9,11H2,1H3. The minimum absolute atomic E-state index is 0.0237. The van der Waals surface area contributed by atoms with E-state index in [2.05, 4.69) is 4.98 Å². The molecular formula is C22H19ClFN3O2. The van der Waals surface area contributed by atoms with Crippen LogP contribution >= 0.6 is 11.6 Å². The van der Waals surface area contributed by atoms with E-state index in [9.17, 15) is 14.0 Å². The molecular weight excluding hydrogens is 393 g/mol. The van der Waals surface area contributed by atoms with E-state index in [1.54, 1.807) is 6.07 Å². The molecule has 148 valence electrons. The zero-order chi connectivity index (χ0) is 20.3. The quantitative estimate of drug-likeness (QED) is 0.642. The van der Waals surface area contributed by atoms with Gasteiger partial charge in [-0.1, -0.05) is 23.7 Å².